The van der Waals surface area contributed by atoms with Crippen molar-refractivity contribution in [1.29, 1.82) is 0 Å². The Morgan fingerprint density at radius 1 is 1.31 bits per heavy atom. The van der Waals surface area contributed by atoms with Gasteiger partial charge in [0.15, 0.2) is 0 Å². The number of benzene rings is 1. The molecular weight excluding hydrogens is 208 g/mol. The van der Waals surface area contributed by atoms with Crippen molar-refractivity contribution in [2.75, 3.05) is 0 Å². The fourth-order valence-electron chi connectivity index (χ4n) is 0.969. The summed E-state index contributed by atoms with van der Waals surface area (Å²) in [7, 11) is 0. The second-order valence-corrected chi connectivity index (χ2v) is 3.22. The van der Waals surface area contributed by atoms with Gasteiger partial charge in [0.1, 0.15) is 0 Å². The van der Waals surface area contributed by atoms with Crippen LogP contribution in [0.15, 0.2) is 30.3 Å². The Balaban J connectivity index is 0.000000487. The van der Waals surface area contributed by atoms with Crippen molar-refractivity contribution in [3.63, 3.8) is 0 Å². The number of amides is 1. The van der Waals surface area contributed by atoms with Gasteiger partial charge in [0, 0.05) is 6.92 Å². The molecule has 0 unspecified atom stereocenters. The van der Waals surface area contributed by atoms with E-state index in [0.717, 1.165) is 12.5 Å². The van der Waals surface area contributed by atoms with Gasteiger partial charge >= 0.3 is 0 Å². The number of aliphatic carboxylic acids is 1. The molecule has 1 amide bonds. The lowest BCUT2D eigenvalue weighted by Gasteiger charge is -2.06. The molecule has 0 aliphatic carbocycles. The van der Waals surface area contributed by atoms with Crippen LogP contribution in [0.2, 0.25) is 0 Å². The highest BCUT2D eigenvalue weighted by Gasteiger charge is 2.08. The minimum Gasteiger partial charge on any atom is -0.481 e. The zero-order valence-corrected chi connectivity index (χ0v) is 9.09. The number of carbonyl (C=O) groups excluding carboxylic acids is 1. The van der Waals surface area contributed by atoms with Crippen LogP contribution in [0.5, 0.6) is 0 Å². The lowest BCUT2D eigenvalue weighted by Crippen LogP contribution is -2.38. The SMILES string of the molecule is CC(=O)O.NC(=O)[C@@H](N)Cc1ccccc1. The first-order valence-electron chi connectivity index (χ1n) is 4.72. The van der Waals surface area contributed by atoms with E-state index in [1.165, 1.54) is 0 Å². The zero-order valence-electron chi connectivity index (χ0n) is 9.09. The molecule has 5 nitrogen and oxygen atoms in total. The molecule has 5 heteroatoms. The van der Waals surface area contributed by atoms with E-state index < -0.39 is 17.9 Å². The maximum absolute atomic E-state index is 10.6. The first kappa shape index (κ1) is 14.1. The Morgan fingerprint density at radius 3 is 2.12 bits per heavy atom. The monoisotopic (exact) mass is 224 g/mol. The third-order valence-corrected chi connectivity index (χ3v) is 1.66. The van der Waals surface area contributed by atoms with Gasteiger partial charge in [-0.25, -0.2) is 0 Å². The maximum atomic E-state index is 10.6. The highest BCUT2D eigenvalue weighted by Crippen LogP contribution is 2.00. The maximum Gasteiger partial charge on any atom is 0.300 e. The summed E-state index contributed by atoms with van der Waals surface area (Å²) in [6, 6.07) is 8.99. The van der Waals surface area contributed by atoms with Crippen molar-refractivity contribution in [3.05, 3.63) is 35.9 Å². The van der Waals surface area contributed by atoms with Crippen LogP contribution in [0.1, 0.15) is 12.5 Å². The molecule has 1 atom stereocenters. The molecule has 0 saturated carbocycles. The number of hydrogen-bond acceptors (Lipinski definition) is 3. The lowest BCUT2D eigenvalue weighted by molar-refractivity contribution is -0.134. The Morgan fingerprint density at radius 2 is 1.75 bits per heavy atom. The van der Waals surface area contributed by atoms with Crippen molar-refractivity contribution in [2.24, 2.45) is 11.5 Å². The fraction of sp³-hybridized carbons (Fsp3) is 0.273. The van der Waals surface area contributed by atoms with Crippen molar-refractivity contribution >= 4 is 11.9 Å². The largest absolute Gasteiger partial charge is 0.481 e. The number of carboxylic acids is 1. The normalized spacial score (nSPS) is 10.9. The number of carboxylic acid groups (broad SMARTS) is 1. The van der Waals surface area contributed by atoms with Crippen molar-refractivity contribution < 1.29 is 14.7 Å². The molecule has 0 saturated heterocycles. The molecule has 0 aliphatic rings. The third-order valence-electron chi connectivity index (χ3n) is 1.66. The quantitative estimate of drug-likeness (QED) is 0.678. The van der Waals surface area contributed by atoms with E-state index in [1.54, 1.807) is 0 Å². The first-order chi connectivity index (χ1) is 7.43. The Labute approximate surface area is 94.1 Å². The van der Waals surface area contributed by atoms with Crippen molar-refractivity contribution in [1.82, 2.24) is 0 Å². The van der Waals surface area contributed by atoms with Gasteiger partial charge in [-0.1, -0.05) is 30.3 Å². The average Bonchev–Trinajstić information content (AvgIpc) is 2.18. The van der Waals surface area contributed by atoms with E-state index in [4.69, 9.17) is 21.4 Å². The minimum atomic E-state index is -0.833. The molecule has 88 valence electrons. The highest BCUT2D eigenvalue weighted by atomic mass is 16.4. The summed E-state index contributed by atoms with van der Waals surface area (Å²) in [4.78, 5) is 19.6. The summed E-state index contributed by atoms with van der Waals surface area (Å²) in [5.74, 6) is -1.29. The smallest absolute Gasteiger partial charge is 0.300 e. The molecule has 1 aromatic rings. The average molecular weight is 224 g/mol. The van der Waals surface area contributed by atoms with Crippen molar-refractivity contribution in [2.45, 2.75) is 19.4 Å². The van der Waals surface area contributed by atoms with Gasteiger partial charge in [-0.2, -0.15) is 0 Å². The molecule has 0 bridgehead atoms. The van der Waals surface area contributed by atoms with Gasteiger partial charge in [-0.05, 0) is 12.0 Å². The van der Waals surface area contributed by atoms with Gasteiger partial charge in [0.05, 0.1) is 6.04 Å². The molecule has 0 heterocycles. The summed E-state index contributed by atoms with van der Waals surface area (Å²) < 4.78 is 0. The van der Waals surface area contributed by atoms with E-state index in [1.807, 2.05) is 30.3 Å². The predicted molar refractivity (Wildman–Crippen MR) is 60.6 cm³/mol. The molecule has 1 rings (SSSR count). The van der Waals surface area contributed by atoms with Crippen LogP contribution in [-0.4, -0.2) is 23.0 Å². The van der Waals surface area contributed by atoms with Crippen LogP contribution in [0, 0.1) is 0 Å². The van der Waals surface area contributed by atoms with Crippen LogP contribution in [0.4, 0.5) is 0 Å². The number of rotatable bonds is 3. The summed E-state index contributed by atoms with van der Waals surface area (Å²) in [5, 5.41) is 7.42. The molecule has 0 aromatic heterocycles. The number of carbonyl (C=O) groups is 2. The second kappa shape index (κ2) is 7.42. The third kappa shape index (κ3) is 7.52. The standard InChI is InChI=1S/C9H12N2O.C2H4O2/c10-8(9(11)12)6-7-4-2-1-3-5-7;1-2(3)4/h1-5,8H,6,10H2,(H2,11,12);1H3,(H,3,4)/t8-;/m0./s1. The molecule has 0 radical (unpaired) electrons. The van der Waals surface area contributed by atoms with E-state index in [2.05, 4.69) is 0 Å². The highest BCUT2D eigenvalue weighted by molar-refractivity contribution is 5.79. The van der Waals surface area contributed by atoms with Gasteiger partial charge in [-0.3, -0.25) is 9.59 Å². The summed E-state index contributed by atoms with van der Waals surface area (Å²) >= 11 is 0. The van der Waals surface area contributed by atoms with Crippen LogP contribution >= 0.6 is 0 Å². The van der Waals surface area contributed by atoms with Crippen LogP contribution in [0.3, 0.4) is 0 Å². The fourth-order valence-corrected chi connectivity index (χ4v) is 0.969. The topological polar surface area (TPSA) is 106 Å². The van der Waals surface area contributed by atoms with Crippen LogP contribution in [-0.2, 0) is 16.0 Å². The first-order valence-corrected chi connectivity index (χ1v) is 4.72. The molecule has 0 aliphatic heterocycles. The lowest BCUT2D eigenvalue weighted by atomic mass is 10.1. The Bertz CT molecular complexity index is 334. The second-order valence-electron chi connectivity index (χ2n) is 3.22. The zero-order chi connectivity index (χ0) is 12.6. The molecule has 0 fully saturated rings. The summed E-state index contributed by atoms with van der Waals surface area (Å²) in [5.41, 5.74) is 11.5. The molecule has 16 heavy (non-hydrogen) atoms. The van der Waals surface area contributed by atoms with Gasteiger partial charge in [0.2, 0.25) is 5.91 Å². The van der Waals surface area contributed by atoms with Gasteiger partial charge in [0.25, 0.3) is 5.97 Å². The van der Waals surface area contributed by atoms with Crippen molar-refractivity contribution in [3.8, 4) is 0 Å². The number of nitrogens with two attached hydrogens (primary N) is 2. The van der Waals surface area contributed by atoms with E-state index in [0.29, 0.717) is 6.42 Å². The van der Waals surface area contributed by atoms with E-state index in [9.17, 15) is 4.79 Å². The van der Waals surface area contributed by atoms with Crippen LogP contribution < -0.4 is 11.5 Å². The molecular formula is C11H16N2O3. The summed E-state index contributed by atoms with van der Waals surface area (Å²) in [6.45, 7) is 1.08. The molecule has 0 spiro atoms. The van der Waals surface area contributed by atoms with Gasteiger partial charge in [-0.15, -0.1) is 0 Å². The summed E-state index contributed by atoms with van der Waals surface area (Å²) in [6.07, 6.45) is 0.510. The molecule has 1 aromatic carbocycles. The van der Waals surface area contributed by atoms with E-state index >= 15 is 0 Å². The molecule has 5 N–H and O–H groups in total. The Kier molecular flexibility index (Phi) is 6.55. The van der Waals surface area contributed by atoms with Gasteiger partial charge < -0.3 is 16.6 Å². The Hall–Kier alpha value is -1.88. The number of hydrogen-bond donors (Lipinski definition) is 3. The minimum absolute atomic E-state index is 0.459. The van der Waals surface area contributed by atoms with Crippen LogP contribution in [0.25, 0.3) is 0 Å². The number of primary amides is 1. The van der Waals surface area contributed by atoms with E-state index in [-0.39, 0.29) is 0 Å². The predicted octanol–water partition coefficient (Wildman–Crippen LogP) is 0.133.